The zero-order valence-corrected chi connectivity index (χ0v) is 9.51. The molecule has 4 nitrogen and oxygen atoms in total. The first-order valence-corrected chi connectivity index (χ1v) is 5.21. The largest absolute Gasteiger partial charge is 0.442 e. The van der Waals surface area contributed by atoms with Gasteiger partial charge in [0.05, 0.1) is 0 Å². The first-order valence-electron chi connectivity index (χ1n) is 4.44. The number of halogens is 6. The maximum atomic E-state index is 12.6. The van der Waals surface area contributed by atoms with E-state index in [2.05, 4.69) is 13.8 Å². The van der Waals surface area contributed by atoms with Crippen LogP contribution in [0.15, 0.2) is 0 Å². The van der Waals surface area contributed by atoms with Gasteiger partial charge in [-0.25, -0.2) is 17.6 Å². The molecule has 0 aliphatic heterocycles. The van der Waals surface area contributed by atoms with Gasteiger partial charge in [0.2, 0.25) is 10.9 Å². The summed E-state index contributed by atoms with van der Waals surface area (Å²) in [6, 6.07) is 1.31. The molecule has 1 heterocycles. The van der Waals surface area contributed by atoms with E-state index in [1.807, 2.05) is 0 Å². The summed E-state index contributed by atoms with van der Waals surface area (Å²) in [5.41, 5.74) is -0.739. The Morgan fingerprint density at radius 2 is 1.53 bits per heavy atom. The van der Waals surface area contributed by atoms with Gasteiger partial charge in [-0.15, -0.1) is 0 Å². The summed E-state index contributed by atoms with van der Waals surface area (Å²) in [6.45, 7) is 0. The number of alkyl halides is 6. The van der Waals surface area contributed by atoms with Gasteiger partial charge in [-0.05, 0) is 0 Å². The predicted molar refractivity (Wildman–Crippen MR) is 49.9 cm³/mol. The van der Waals surface area contributed by atoms with Crippen LogP contribution in [0.3, 0.4) is 0 Å². The molecule has 0 spiro atoms. The number of ether oxygens (including phenoxy) is 2. The lowest BCUT2D eigenvalue weighted by atomic mass is 10.4. The second-order valence-corrected chi connectivity index (χ2v) is 3.60. The van der Waals surface area contributed by atoms with Gasteiger partial charge >= 0.3 is 12.9 Å². The van der Waals surface area contributed by atoms with Crippen LogP contribution in [0.25, 0.3) is 0 Å². The summed E-state index contributed by atoms with van der Waals surface area (Å²) in [6.07, 6.45) is -13.1. The second kappa shape index (κ2) is 6.46. The fourth-order valence-corrected chi connectivity index (χ4v) is 1.49. The smallest absolute Gasteiger partial charge is 0.304 e. The second-order valence-electron chi connectivity index (χ2n) is 2.87. The van der Waals surface area contributed by atoms with Crippen LogP contribution in [0.5, 0.6) is 10.9 Å². The van der Waals surface area contributed by atoms with E-state index in [1.54, 1.807) is 0 Å². The van der Waals surface area contributed by atoms with Gasteiger partial charge in [0.1, 0.15) is 6.07 Å². The Kier molecular flexibility index (Phi) is 5.22. The van der Waals surface area contributed by atoms with Crippen molar-refractivity contribution in [2.24, 2.45) is 0 Å². The van der Waals surface area contributed by atoms with E-state index in [4.69, 9.17) is 5.26 Å². The molecule has 1 aromatic rings. The Morgan fingerprint density at radius 3 is 2.00 bits per heavy atom. The Balaban J connectivity index is 2.87. The summed E-state index contributed by atoms with van der Waals surface area (Å²) >= 11 is 0.196. The molecule has 0 saturated carbocycles. The normalized spacial score (nSPS) is 14.3. The van der Waals surface area contributed by atoms with Gasteiger partial charge in [-0.2, -0.15) is 18.4 Å². The minimum absolute atomic E-state index is 0.196. The standard InChI is InChI=1S/C8H4F6N2O2S/c9-3(10)5(13)17-7-2(1-15)8(19-16-7)18-6(14)4(11)12/h3-6H. The molecule has 2 atom stereocenters. The molecule has 19 heavy (non-hydrogen) atoms. The van der Waals surface area contributed by atoms with Crippen LogP contribution >= 0.6 is 11.5 Å². The maximum Gasteiger partial charge on any atom is 0.304 e. The molecule has 0 fully saturated rings. The third-order valence-electron chi connectivity index (χ3n) is 1.58. The van der Waals surface area contributed by atoms with Crippen molar-refractivity contribution < 1.29 is 35.8 Å². The fourth-order valence-electron chi connectivity index (χ4n) is 0.828. The molecule has 0 bridgehead atoms. The molecule has 0 N–H and O–H groups in total. The minimum atomic E-state index is -3.49. The van der Waals surface area contributed by atoms with Gasteiger partial charge in [-0.1, -0.05) is 0 Å². The van der Waals surface area contributed by atoms with Gasteiger partial charge < -0.3 is 9.47 Å². The van der Waals surface area contributed by atoms with E-state index in [0.29, 0.717) is 0 Å². The average Bonchev–Trinajstić information content (AvgIpc) is 2.70. The highest BCUT2D eigenvalue weighted by Gasteiger charge is 2.28. The molecule has 11 heteroatoms. The van der Waals surface area contributed by atoms with E-state index < -0.39 is 42.1 Å². The van der Waals surface area contributed by atoms with Gasteiger partial charge in [-0.3, -0.25) is 0 Å². The highest BCUT2D eigenvalue weighted by molar-refractivity contribution is 7.08. The summed E-state index contributed by atoms with van der Waals surface area (Å²) in [7, 11) is 0. The van der Waals surface area contributed by atoms with Crippen molar-refractivity contribution in [3.05, 3.63) is 5.56 Å². The highest BCUT2D eigenvalue weighted by atomic mass is 32.1. The monoisotopic (exact) mass is 306 g/mol. The Bertz CT molecular complexity index is 429. The van der Waals surface area contributed by atoms with Crippen molar-refractivity contribution >= 4 is 11.5 Å². The molecule has 2 unspecified atom stereocenters. The van der Waals surface area contributed by atoms with Crippen LogP contribution in [0.4, 0.5) is 26.3 Å². The highest BCUT2D eigenvalue weighted by Crippen LogP contribution is 2.34. The van der Waals surface area contributed by atoms with Crippen molar-refractivity contribution in [3.63, 3.8) is 0 Å². The number of nitrogens with zero attached hydrogens (tertiary/aromatic N) is 2. The minimum Gasteiger partial charge on any atom is -0.442 e. The van der Waals surface area contributed by atoms with Crippen LogP contribution in [0.2, 0.25) is 0 Å². The molecule has 1 aromatic heterocycles. The first kappa shape index (κ1) is 15.4. The lowest BCUT2D eigenvalue weighted by molar-refractivity contribution is -0.0703. The third-order valence-corrected chi connectivity index (χ3v) is 2.30. The molecule has 0 amide bonds. The van der Waals surface area contributed by atoms with E-state index in [0.717, 1.165) is 0 Å². The van der Waals surface area contributed by atoms with Crippen LogP contribution in [-0.4, -0.2) is 29.9 Å². The summed E-state index contributed by atoms with van der Waals surface area (Å²) in [5.74, 6) is -0.878. The Hall–Kier alpha value is -1.70. The lowest BCUT2D eigenvalue weighted by Gasteiger charge is -2.09. The number of aromatic nitrogens is 1. The number of hydrogen-bond donors (Lipinski definition) is 0. The topological polar surface area (TPSA) is 55.1 Å². The van der Waals surface area contributed by atoms with Crippen molar-refractivity contribution in [2.45, 2.75) is 25.6 Å². The third kappa shape index (κ3) is 3.88. The first-order chi connectivity index (χ1) is 8.86. The number of nitriles is 1. The van der Waals surface area contributed by atoms with Crippen LogP contribution < -0.4 is 9.47 Å². The van der Waals surface area contributed by atoms with Crippen molar-refractivity contribution in [1.82, 2.24) is 4.37 Å². The summed E-state index contributed by atoms with van der Waals surface area (Å²) < 4.78 is 83.9. The van der Waals surface area contributed by atoms with Crippen molar-refractivity contribution in [2.75, 3.05) is 0 Å². The summed E-state index contributed by atoms with van der Waals surface area (Å²) in [4.78, 5) is 0. The molecule has 106 valence electrons. The fraction of sp³-hybridized carbons (Fsp3) is 0.500. The molecule has 0 aliphatic rings. The van der Waals surface area contributed by atoms with E-state index in [9.17, 15) is 26.3 Å². The summed E-state index contributed by atoms with van der Waals surface area (Å²) in [5, 5.41) is 7.91. The van der Waals surface area contributed by atoms with Crippen molar-refractivity contribution in [1.29, 1.82) is 5.26 Å². The predicted octanol–water partition coefficient (Wildman–Crippen LogP) is 2.89. The van der Waals surface area contributed by atoms with Crippen LogP contribution in [-0.2, 0) is 0 Å². The molecule has 1 rings (SSSR count). The van der Waals surface area contributed by atoms with Crippen LogP contribution in [0, 0.1) is 11.3 Å². The molecule has 0 aliphatic carbocycles. The van der Waals surface area contributed by atoms with E-state index in [1.165, 1.54) is 6.07 Å². The maximum absolute atomic E-state index is 12.6. The SMILES string of the molecule is N#Cc1c(OC(F)C(F)F)nsc1OC(F)C(F)F. The zero-order chi connectivity index (χ0) is 14.6. The van der Waals surface area contributed by atoms with Gasteiger partial charge in [0, 0.05) is 11.5 Å². The van der Waals surface area contributed by atoms with Crippen molar-refractivity contribution in [3.8, 4) is 17.0 Å². The molecule has 0 saturated heterocycles. The number of hydrogen-bond acceptors (Lipinski definition) is 5. The van der Waals surface area contributed by atoms with E-state index in [-0.39, 0.29) is 11.5 Å². The molecule has 0 radical (unpaired) electrons. The van der Waals surface area contributed by atoms with Crippen LogP contribution in [0.1, 0.15) is 5.56 Å². The van der Waals surface area contributed by atoms with Gasteiger partial charge in [0.15, 0.2) is 5.56 Å². The average molecular weight is 306 g/mol. The lowest BCUT2D eigenvalue weighted by Crippen LogP contribution is -2.20. The molecule has 0 aromatic carbocycles. The number of rotatable bonds is 6. The Morgan fingerprint density at radius 1 is 1.00 bits per heavy atom. The zero-order valence-electron chi connectivity index (χ0n) is 8.70. The molecular formula is C8H4F6N2O2S. The van der Waals surface area contributed by atoms with E-state index >= 15 is 0 Å². The quantitative estimate of drug-likeness (QED) is 0.758. The molecular weight excluding hydrogens is 302 g/mol. The Labute approximate surface area is 106 Å². The van der Waals surface area contributed by atoms with Gasteiger partial charge in [0.25, 0.3) is 12.7 Å².